The van der Waals surface area contributed by atoms with E-state index < -0.39 is 0 Å². The Morgan fingerprint density at radius 3 is 2.56 bits per heavy atom. The third-order valence-corrected chi connectivity index (χ3v) is 2.43. The monoisotopic (exact) mass is 138 g/mol. The van der Waals surface area contributed by atoms with Crippen molar-refractivity contribution in [2.24, 2.45) is 0 Å². The predicted octanol–water partition coefficient (Wildman–Crippen LogP) is 3.09. The fourth-order valence-corrected chi connectivity index (χ4v) is 1.67. The Hall–Kier alpha value is -0.560. The Labute approximate surface area is 59.8 Å². The molecule has 0 radical (unpaired) electrons. The van der Waals surface area contributed by atoms with E-state index in [1.54, 1.807) is 11.3 Å². The molecule has 0 aromatic carbocycles. The van der Waals surface area contributed by atoms with Crippen LogP contribution in [0.1, 0.15) is 17.4 Å². The van der Waals surface area contributed by atoms with Crippen molar-refractivity contribution in [3.8, 4) is 0 Å². The lowest BCUT2D eigenvalue weighted by atomic mass is 10.2. The van der Waals surface area contributed by atoms with Crippen LogP contribution in [0.2, 0.25) is 0 Å². The smallest absolute Gasteiger partial charge is 0.0322 e. The molecule has 0 nitrogen and oxygen atoms in total. The summed E-state index contributed by atoms with van der Waals surface area (Å²) in [7, 11) is 0. The van der Waals surface area contributed by atoms with Crippen LogP contribution >= 0.6 is 11.3 Å². The second-order valence-electron chi connectivity index (χ2n) is 2.21. The quantitative estimate of drug-likeness (QED) is 0.559. The van der Waals surface area contributed by atoms with Gasteiger partial charge < -0.3 is 0 Å². The molecule has 0 aliphatic heterocycles. The van der Waals surface area contributed by atoms with Gasteiger partial charge in [-0.2, -0.15) is 0 Å². The summed E-state index contributed by atoms with van der Waals surface area (Å²) >= 11 is 1.76. The van der Waals surface area contributed by atoms with Gasteiger partial charge in [0.25, 0.3) is 0 Å². The molecule has 0 N–H and O–H groups in total. The Balaban J connectivity index is 3.08. The first kappa shape index (κ1) is 6.56. The summed E-state index contributed by atoms with van der Waals surface area (Å²) in [4.78, 5) is 1.33. The van der Waals surface area contributed by atoms with Gasteiger partial charge in [0.15, 0.2) is 0 Å². The summed E-state index contributed by atoms with van der Waals surface area (Å²) in [6.45, 7) is 8.02. The third-order valence-electron chi connectivity index (χ3n) is 1.25. The van der Waals surface area contributed by atoms with Gasteiger partial charge in [0.2, 0.25) is 0 Å². The SMILES string of the molecule is C=C(C)c1sccc1C. The normalized spacial score (nSPS) is 9.56. The average Bonchev–Trinajstić information content (AvgIpc) is 2.13. The molecule has 48 valence electrons. The Morgan fingerprint density at radius 2 is 2.33 bits per heavy atom. The zero-order valence-electron chi connectivity index (χ0n) is 5.77. The molecule has 0 spiro atoms. The van der Waals surface area contributed by atoms with Crippen molar-refractivity contribution in [1.29, 1.82) is 0 Å². The minimum atomic E-state index is 1.17. The fourth-order valence-electron chi connectivity index (χ4n) is 0.810. The van der Waals surface area contributed by atoms with Crippen LogP contribution in [0, 0.1) is 6.92 Å². The first-order chi connectivity index (χ1) is 4.22. The first-order valence-corrected chi connectivity index (χ1v) is 3.80. The summed E-state index contributed by atoms with van der Waals surface area (Å²) in [6, 6.07) is 2.12. The van der Waals surface area contributed by atoms with Crippen LogP contribution in [-0.4, -0.2) is 0 Å². The lowest BCUT2D eigenvalue weighted by Gasteiger charge is -1.93. The summed E-state index contributed by atoms with van der Waals surface area (Å²) in [5.41, 5.74) is 2.51. The molecule has 0 bridgehead atoms. The van der Waals surface area contributed by atoms with Gasteiger partial charge in [0.05, 0.1) is 0 Å². The Kier molecular flexibility index (Phi) is 1.72. The van der Waals surface area contributed by atoms with E-state index in [4.69, 9.17) is 0 Å². The molecule has 1 heterocycles. The number of thiophene rings is 1. The average molecular weight is 138 g/mol. The van der Waals surface area contributed by atoms with E-state index in [-0.39, 0.29) is 0 Å². The highest BCUT2D eigenvalue weighted by molar-refractivity contribution is 7.11. The third kappa shape index (κ3) is 1.22. The topological polar surface area (TPSA) is 0 Å². The highest BCUT2D eigenvalue weighted by atomic mass is 32.1. The van der Waals surface area contributed by atoms with E-state index in [1.807, 2.05) is 6.92 Å². The van der Waals surface area contributed by atoms with E-state index >= 15 is 0 Å². The predicted molar refractivity (Wildman–Crippen MR) is 43.8 cm³/mol. The van der Waals surface area contributed by atoms with Gasteiger partial charge in [-0.25, -0.2) is 0 Å². The van der Waals surface area contributed by atoms with Crippen LogP contribution < -0.4 is 0 Å². The van der Waals surface area contributed by atoms with Crippen molar-refractivity contribution >= 4 is 16.9 Å². The van der Waals surface area contributed by atoms with Crippen molar-refractivity contribution in [3.05, 3.63) is 28.5 Å². The van der Waals surface area contributed by atoms with Crippen LogP contribution in [0.25, 0.3) is 5.57 Å². The summed E-state index contributed by atoms with van der Waals surface area (Å²) in [6.07, 6.45) is 0. The van der Waals surface area contributed by atoms with Crippen molar-refractivity contribution in [1.82, 2.24) is 0 Å². The van der Waals surface area contributed by atoms with Gasteiger partial charge in [-0.15, -0.1) is 11.3 Å². The fraction of sp³-hybridized carbons (Fsp3) is 0.250. The number of rotatable bonds is 1. The molecular formula is C8H10S. The van der Waals surface area contributed by atoms with Crippen LogP contribution in [-0.2, 0) is 0 Å². The molecule has 0 fully saturated rings. The van der Waals surface area contributed by atoms with Crippen LogP contribution in [0.3, 0.4) is 0 Å². The van der Waals surface area contributed by atoms with Gasteiger partial charge in [-0.3, -0.25) is 0 Å². The van der Waals surface area contributed by atoms with Gasteiger partial charge in [0, 0.05) is 4.88 Å². The molecule has 1 rings (SSSR count). The number of hydrogen-bond donors (Lipinski definition) is 0. The maximum Gasteiger partial charge on any atom is 0.0322 e. The molecule has 0 aliphatic carbocycles. The minimum absolute atomic E-state index is 1.17. The Bertz CT molecular complexity index is 220. The van der Waals surface area contributed by atoms with E-state index in [2.05, 4.69) is 24.9 Å². The number of hydrogen-bond acceptors (Lipinski definition) is 1. The summed E-state index contributed by atoms with van der Waals surface area (Å²) in [5.74, 6) is 0. The highest BCUT2D eigenvalue weighted by Crippen LogP contribution is 2.22. The molecule has 1 heteroatoms. The first-order valence-electron chi connectivity index (χ1n) is 2.92. The molecule has 1 aromatic rings. The summed E-state index contributed by atoms with van der Waals surface area (Å²) < 4.78 is 0. The van der Waals surface area contributed by atoms with E-state index in [1.165, 1.54) is 16.0 Å². The second kappa shape index (κ2) is 2.36. The van der Waals surface area contributed by atoms with Crippen molar-refractivity contribution in [2.45, 2.75) is 13.8 Å². The zero-order valence-corrected chi connectivity index (χ0v) is 6.59. The molecule has 0 saturated heterocycles. The van der Waals surface area contributed by atoms with Crippen LogP contribution in [0.4, 0.5) is 0 Å². The van der Waals surface area contributed by atoms with Crippen LogP contribution in [0.15, 0.2) is 18.0 Å². The minimum Gasteiger partial charge on any atom is -0.144 e. The van der Waals surface area contributed by atoms with E-state index in [9.17, 15) is 0 Å². The highest BCUT2D eigenvalue weighted by Gasteiger charge is 1.97. The molecule has 1 aromatic heterocycles. The molecule has 0 atom stereocenters. The van der Waals surface area contributed by atoms with Gasteiger partial charge in [-0.1, -0.05) is 6.58 Å². The van der Waals surface area contributed by atoms with E-state index in [0.717, 1.165) is 0 Å². The molecule has 0 aliphatic rings. The molecule has 0 saturated carbocycles. The van der Waals surface area contributed by atoms with Crippen LogP contribution in [0.5, 0.6) is 0 Å². The number of allylic oxidation sites excluding steroid dienone is 1. The second-order valence-corrected chi connectivity index (χ2v) is 3.13. The van der Waals surface area contributed by atoms with E-state index in [0.29, 0.717) is 0 Å². The van der Waals surface area contributed by atoms with Gasteiger partial charge in [0.1, 0.15) is 0 Å². The van der Waals surface area contributed by atoms with Crippen molar-refractivity contribution in [2.75, 3.05) is 0 Å². The zero-order chi connectivity index (χ0) is 6.85. The molecule has 0 unspecified atom stereocenters. The van der Waals surface area contributed by atoms with Gasteiger partial charge in [-0.05, 0) is 36.4 Å². The molecule has 9 heavy (non-hydrogen) atoms. The summed E-state index contributed by atoms with van der Waals surface area (Å²) in [5, 5.41) is 2.10. The van der Waals surface area contributed by atoms with Crippen molar-refractivity contribution in [3.63, 3.8) is 0 Å². The maximum absolute atomic E-state index is 3.87. The Morgan fingerprint density at radius 1 is 1.67 bits per heavy atom. The molecular weight excluding hydrogens is 128 g/mol. The number of aryl methyl sites for hydroxylation is 1. The lowest BCUT2D eigenvalue weighted by molar-refractivity contribution is 1.51. The lowest BCUT2D eigenvalue weighted by Crippen LogP contribution is -1.71. The van der Waals surface area contributed by atoms with Gasteiger partial charge >= 0.3 is 0 Å². The van der Waals surface area contributed by atoms with Crippen molar-refractivity contribution < 1.29 is 0 Å². The maximum atomic E-state index is 3.87. The largest absolute Gasteiger partial charge is 0.144 e. The standard InChI is InChI=1S/C8H10S/c1-6(2)8-7(3)4-5-9-8/h4-5H,1H2,2-3H3. The molecule has 0 amide bonds.